The van der Waals surface area contributed by atoms with Crippen LogP contribution in [0.3, 0.4) is 0 Å². The van der Waals surface area contributed by atoms with Crippen LogP contribution in [0.25, 0.3) is 0 Å². The van der Waals surface area contributed by atoms with Crippen molar-refractivity contribution in [3.63, 3.8) is 0 Å². The summed E-state index contributed by atoms with van der Waals surface area (Å²) in [6.07, 6.45) is 0.640. The van der Waals surface area contributed by atoms with Crippen LogP contribution in [0.15, 0.2) is 18.2 Å². The van der Waals surface area contributed by atoms with E-state index >= 15 is 0 Å². The average Bonchev–Trinajstić information content (AvgIpc) is 2.36. The maximum Gasteiger partial charge on any atom is 0.303 e. The molecule has 0 fully saturated rings. The number of carbonyl (C=O) groups excluding carboxylic acids is 1. The van der Waals surface area contributed by atoms with Crippen molar-refractivity contribution >= 4 is 11.8 Å². The van der Waals surface area contributed by atoms with Gasteiger partial charge in [-0.15, -0.1) is 0 Å². The van der Waals surface area contributed by atoms with Crippen LogP contribution in [-0.2, 0) is 10.2 Å². The molecule has 1 N–H and O–H groups in total. The highest BCUT2D eigenvalue weighted by molar-refractivity contribution is 5.96. The summed E-state index contributed by atoms with van der Waals surface area (Å²) >= 11 is 0. The summed E-state index contributed by atoms with van der Waals surface area (Å²) in [7, 11) is 1.61. The zero-order valence-corrected chi connectivity index (χ0v) is 12.5. The van der Waals surface area contributed by atoms with E-state index < -0.39 is 5.97 Å². The second-order valence-corrected chi connectivity index (χ2v) is 5.84. The summed E-state index contributed by atoms with van der Waals surface area (Å²) in [5.41, 5.74) is 1.47. The maximum absolute atomic E-state index is 12.1. The fourth-order valence-electron chi connectivity index (χ4n) is 2.01. The first kappa shape index (κ1) is 16.2. The van der Waals surface area contributed by atoms with Crippen LogP contribution in [0, 0.1) is 0 Å². The van der Waals surface area contributed by atoms with Gasteiger partial charge in [0.15, 0.2) is 5.78 Å². The summed E-state index contributed by atoms with van der Waals surface area (Å²) < 4.78 is 5.33. The second kappa shape index (κ2) is 6.55. The normalized spacial score (nSPS) is 11.2. The Morgan fingerprint density at radius 3 is 2.35 bits per heavy atom. The summed E-state index contributed by atoms with van der Waals surface area (Å²) in [6, 6.07) is 5.38. The number of methoxy groups -OCH3 is 1. The summed E-state index contributed by atoms with van der Waals surface area (Å²) in [6.45, 7) is 6.18. The molecule has 1 aromatic carbocycles. The van der Waals surface area contributed by atoms with Crippen LogP contribution < -0.4 is 4.74 Å². The van der Waals surface area contributed by atoms with E-state index in [1.807, 2.05) is 6.07 Å². The first-order valence-corrected chi connectivity index (χ1v) is 6.69. The molecule has 0 atom stereocenters. The molecule has 0 amide bonds. The number of hydrogen-bond acceptors (Lipinski definition) is 3. The highest BCUT2D eigenvalue weighted by Gasteiger charge is 2.20. The van der Waals surface area contributed by atoms with Crippen molar-refractivity contribution in [1.29, 1.82) is 0 Å². The van der Waals surface area contributed by atoms with Crippen molar-refractivity contribution in [1.82, 2.24) is 0 Å². The third kappa shape index (κ3) is 4.37. The van der Waals surface area contributed by atoms with Crippen molar-refractivity contribution in [3.05, 3.63) is 29.3 Å². The lowest BCUT2D eigenvalue weighted by Crippen LogP contribution is -2.14. The van der Waals surface area contributed by atoms with Crippen LogP contribution in [0.2, 0.25) is 0 Å². The molecule has 0 spiro atoms. The van der Waals surface area contributed by atoms with E-state index in [2.05, 4.69) is 20.8 Å². The highest BCUT2D eigenvalue weighted by Crippen LogP contribution is 2.32. The first-order chi connectivity index (χ1) is 9.25. The van der Waals surface area contributed by atoms with Crippen molar-refractivity contribution in [2.45, 2.75) is 45.4 Å². The van der Waals surface area contributed by atoms with Gasteiger partial charge in [0.25, 0.3) is 0 Å². The number of ether oxygens (including phenoxy) is 1. The van der Waals surface area contributed by atoms with E-state index in [0.29, 0.717) is 12.0 Å². The molecule has 4 heteroatoms. The monoisotopic (exact) mass is 278 g/mol. The quantitative estimate of drug-likeness (QED) is 0.810. The first-order valence-electron chi connectivity index (χ1n) is 6.69. The number of benzene rings is 1. The van der Waals surface area contributed by atoms with Crippen molar-refractivity contribution in [2.75, 3.05) is 7.11 Å². The number of Topliss-reactive ketones (excluding diaryl/α,β-unsaturated/α-hetero) is 1. The Bertz CT molecular complexity index is 498. The zero-order valence-electron chi connectivity index (χ0n) is 12.5. The Hall–Kier alpha value is -1.84. The molecule has 0 unspecified atom stereocenters. The van der Waals surface area contributed by atoms with Crippen LogP contribution in [0.1, 0.15) is 56.0 Å². The minimum absolute atomic E-state index is 0.0218. The van der Waals surface area contributed by atoms with E-state index in [4.69, 9.17) is 9.84 Å². The predicted molar refractivity (Wildman–Crippen MR) is 77.5 cm³/mol. The number of carboxylic acids is 1. The largest absolute Gasteiger partial charge is 0.496 e. The van der Waals surface area contributed by atoms with Crippen LogP contribution in [-0.4, -0.2) is 24.0 Å². The van der Waals surface area contributed by atoms with Gasteiger partial charge in [-0.3, -0.25) is 9.59 Å². The molecule has 0 aliphatic rings. The molecule has 0 saturated carbocycles. The van der Waals surface area contributed by atoms with Crippen LogP contribution >= 0.6 is 0 Å². The van der Waals surface area contributed by atoms with E-state index in [0.717, 1.165) is 11.3 Å². The minimum atomic E-state index is -0.872. The molecule has 20 heavy (non-hydrogen) atoms. The number of hydrogen-bond donors (Lipinski definition) is 1. The molecule has 0 bridgehead atoms. The van der Waals surface area contributed by atoms with Crippen molar-refractivity contribution in [3.8, 4) is 5.75 Å². The topological polar surface area (TPSA) is 63.6 Å². The third-order valence-electron chi connectivity index (χ3n) is 3.12. The molecule has 0 radical (unpaired) electrons. The standard InChI is InChI=1S/C16H22O4/c1-16(2,3)12-10-11(8-9-14(12)20-4)13(17)6-5-7-15(18)19/h8-10H,5-7H2,1-4H3,(H,18,19). The lowest BCUT2D eigenvalue weighted by atomic mass is 9.84. The molecule has 0 aliphatic heterocycles. The Morgan fingerprint density at radius 2 is 1.85 bits per heavy atom. The molecular formula is C16H22O4. The van der Waals surface area contributed by atoms with Gasteiger partial charge in [0.05, 0.1) is 7.11 Å². The average molecular weight is 278 g/mol. The molecule has 4 nitrogen and oxygen atoms in total. The number of rotatable bonds is 6. The Kier molecular flexibility index (Phi) is 5.31. The smallest absolute Gasteiger partial charge is 0.303 e. The minimum Gasteiger partial charge on any atom is -0.496 e. The lowest BCUT2D eigenvalue weighted by Gasteiger charge is -2.22. The number of carbonyl (C=O) groups is 2. The SMILES string of the molecule is COc1ccc(C(=O)CCCC(=O)O)cc1C(C)(C)C. The van der Waals surface area contributed by atoms with Crippen molar-refractivity contribution in [2.24, 2.45) is 0 Å². The van der Waals surface area contributed by atoms with Gasteiger partial charge in [0, 0.05) is 24.0 Å². The van der Waals surface area contributed by atoms with Crippen LogP contribution in [0.4, 0.5) is 0 Å². The van der Waals surface area contributed by atoms with Gasteiger partial charge in [0.2, 0.25) is 0 Å². The molecule has 110 valence electrons. The van der Waals surface area contributed by atoms with Gasteiger partial charge in [-0.25, -0.2) is 0 Å². The van der Waals surface area contributed by atoms with Gasteiger partial charge in [-0.05, 0) is 30.0 Å². The van der Waals surface area contributed by atoms with E-state index in [9.17, 15) is 9.59 Å². The second-order valence-electron chi connectivity index (χ2n) is 5.84. The summed E-state index contributed by atoms with van der Waals surface area (Å²) in [4.78, 5) is 22.5. The number of carboxylic acid groups (broad SMARTS) is 1. The number of aliphatic carboxylic acids is 1. The molecule has 1 aromatic rings. The highest BCUT2D eigenvalue weighted by atomic mass is 16.5. The third-order valence-corrected chi connectivity index (χ3v) is 3.12. The maximum atomic E-state index is 12.1. The Balaban J connectivity index is 2.91. The lowest BCUT2D eigenvalue weighted by molar-refractivity contribution is -0.137. The summed E-state index contributed by atoms with van der Waals surface area (Å²) in [5, 5.41) is 8.59. The van der Waals surface area contributed by atoms with Gasteiger partial charge in [-0.1, -0.05) is 20.8 Å². The Morgan fingerprint density at radius 1 is 1.20 bits per heavy atom. The fourth-order valence-corrected chi connectivity index (χ4v) is 2.01. The number of ketones is 1. The molecule has 0 heterocycles. The molecular weight excluding hydrogens is 256 g/mol. The summed E-state index contributed by atoms with van der Waals surface area (Å²) in [5.74, 6) is -0.137. The van der Waals surface area contributed by atoms with Crippen LogP contribution in [0.5, 0.6) is 5.75 Å². The zero-order chi connectivity index (χ0) is 15.3. The molecule has 0 aliphatic carbocycles. The molecule has 0 aromatic heterocycles. The predicted octanol–water partition coefficient (Wildman–Crippen LogP) is 3.43. The van der Waals surface area contributed by atoms with Crippen molar-refractivity contribution < 1.29 is 19.4 Å². The molecule has 0 saturated heterocycles. The van der Waals surface area contributed by atoms with E-state index in [1.54, 1.807) is 19.2 Å². The van der Waals surface area contributed by atoms with Gasteiger partial charge >= 0.3 is 5.97 Å². The molecule has 1 rings (SSSR count). The van der Waals surface area contributed by atoms with Gasteiger partial charge < -0.3 is 9.84 Å². The van der Waals surface area contributed by atoms with E-state index in [-0.39, 0.29) is 24.0 Å². The van der Waals surface area contributed by atoms with Gasteiger partial charge in [-0.2, -0.15) is 0 Å². The fraction of sp³-hybridized carbons (Fsp3) is 0.500. The Labute approximate surface area is 119 Å². The van der Waals surface area contributed by atoms with Gasteiger partial charge in [0.1, 0.15) is 5.75 Å². The van der Waals surface area contributed by atoms with E-state index in [1.165, 1.54) is 0 Å².